The molecule has 0 saturated carbocycles. The Bertz CT molecular complexity index is 690. The Morgan fingerprint density at radius 2 is 2.04 bits per heavy atom. The van der Waals surface area contributed by atoms with Crippen LogP contribution in [-0.2, 0) is 4.79 Å². The maximum Gasteiger partial charge on any atom is 0.230 e. The molecule has 0 bridgehead atoms. The van der Waals surface area contributed by atoms with Crippen molar-refractivity contribution in [1.82, 2.24) is 20.1 Å². The van der Waals surface area contributed by atoms with Crippen molar-refractivity contribution < 1.29 is 4.79 Å². The quantitative estimate of drug-likeness (QED) is 0.774. The van der Waals surface area contributed by atoms with Crippen LogP contribution in [0, 0.1) is 0 Å². The molecule has 1 aromatic heterocycles. The summed E-state index contributed by atoms with van der Waals surface area (Å²) in [6.07, 6.45) is 1.67. The lowest BCUT2D eigenvalue weighted by Gasteiger charge is -2.15. The zero-order chi connectivity index (χ0) is 17.0. The van der Waals surface area contributed by atoms with Crippen molar-refractivity contribution in [2.45, 2.75) is 38.0 Å². The predicted molar refractivity (Wildman–Crippen MR) is 94.2 cm³/mol. The first-order valence-corrected chi connectivity index (χ1v) is 8.89. The highest BCUT2D eigenvalue weighted by Gasteiger charge is 2.14. The summed E-state index contributed by atoms with van der Waals surface area (Å²) in [4.78, 5) is 12.1. The first-order chi connectivity index (χ1) is 10.9. The molecule has 1 amide bonds. The Morgan fingerprint density at radius 1 is 1.30 bits per heavy atom. The normalized spacial score (nSPS) is 12.4. The van der Waals surface area contributed by atoms with E-state index in [1.807, 2.05) is 31.4 Å². The van der Waals surface area contributed by atoms with E-state index >= 15 is 0 Å². The number of halogens is 2. The van der Waals surface area contributed by atoms with Crippen LogP contribution < -0.4 is 5.32 Å². The highest BCUT2D eigenvalue weighted by Crippen LogP contribution is 2.25. The lowest BCUT2D eigenvalue weighted by atomic mass is 10.1. The third-order valence-corrected chi connectivity index (χ3v) is 4.95. The largest absolute Gasteiger partial charge is 0.349 e. The van der Waals surface area contributed by atoms with E-state index in [9.17, 15) is 4.79 Å². The summed E-state index contributed by atoms with van der Waals surface area (Å²) in [5.41, 5.74) is 0.906. The van der Waals surface area contributed by atoms with Gasteiger partial charge in [-0.25, -0.2) is 0 Å². The molecule has 8 heteroatoms. The van der Waals surface area contributed by atoms with Gasteiger partial charge in [0.2, 0.25) is 5.91 Å². The molecule has 2 rings (SSSR count). The Hall–Kier alpha value is -1.24. The zero-order valence-electron chi connectivity index (χ0n) is 13.1. The van der Waals surface area contributed by atoms with Crippen LogP contribution in [0.3, 0.4) is 0 Å². The number of hydrogen-bond donors (Lipinski definition) is 1. The molecule has 0 saturated heterocycles. The van der Waals surface area contributed by atoms with Crippen molar-refractivity contribution in [3.8, 4) is 0 Å². The molecule has 23 heavy (non-hydrogen) atoms. The SMILES string of the molecule is CC(NC(=O)CSc1nncn1C(C)C)c1ccc(Cl)c(Cl)c1. The molecular weight excluding hydrogens is 355 g/mol. The number of nitrogens with one attached hydrogen (secondary N) is 1. The number of carbonyl (C=O) groups is 1. The molecule has 1 heterocycles. The van der Waals surface area contributed by atoms with Gasteiger partial charge in [-0.05, 0) is 38.5 Å². The maximum atomic E-state index is 12.1. The molecular formula is C15H18Cl2N4OS. The van der Waals surface area contributed by atoms with Crippen molar-refractivity contribution in [1.29, 1.82) is 0 Å². The minimum Gasteiger partial charge on any atom is -0.349 e. The zero-order valence-corrected chi connectivity index (χ0v) is 15.4. The fraction of sp³-hybridized carbons (Fsp3) is 0.400. The number of amides is 1. The topological polar surface area (TPSA) is 59.8 Å². The van der Waals surface area contributed by atoms with E-state index in [2.05, 4.69) is 15.5 Å². The van der Waals surface area contributed by atoms with Crippen LogP contribution in [0.2, 0.25) is 10.0 Å². The molecule has 1 aromatic carbocycles. The third-order valence-electron chi connectivity index (χ3n) is 3.25. The summed E-state index contributed by atoms with van der Waals surface area (Å²) >= 11 is 13.3. The van der Waals surface area contributed by atoms with Gasteiger partial charge in [0, 0.05) is 6.04 Å². The number of rotatable bonds is 6. The van der Waals surface area contributed by atoms with Crippen LogP contribution in [0.1, 0.15) is 38.4 Å². The second-order valence-corrected chi connectivity index (χ2v) is 7.12. The molecule has 0 aliphatic carbocycles. The molecule has 124 valence electrons. The summed E-state index contributed by atoms with van der Waals surface area (Å²) in [6.45, 7) is 5.98. The molecule has 2 aromatic rings. The molecule has 1 atom stereocenters. The van der Waals surface area contributed by atoms with Crippen molar-refractivity contribution in [2.75, 3.05) is 5.75 Å². The summed E-state index contributed by atoms with van der Waals surface area (Å²) in [5.74, 6) is 0.198. The molecule has 0 radical (unpaired) electrons. The van der Waals surface area contributed by atoms with Crippen molar-refractivity contribution >= 4 is 40.9 Å². The van der Waals surface area contributed by atoms with Crippen LogP contribution in [0.4, 0.5) is 0 Å². The third kappa shape index (κ3) is 4.86. The van der Waals surface area contributed by atoms with Crippen LogP contribution in [0.25, 0.3) is 0 Å². The van der Waals surface area contributed by atoms with Gasteiger partial charge in [0.15, 0.2) is 5.16 Å². The second-order valence-electron chi connectivity index (χ2n) is 5.37. The minimum atomic E-state index is -0.152. The molecule has 0 aliphatic rings. The van der Waals surface area contributed by atoms with Gasteiger partial charge in [-0.3, -0.25) is 4.79 Å². The first kappa shape index (κ1) is 18.1. The van der Waals surface area contributed by atoms with Gasteiger partial charge in [0.05, 0.1) is 21.8 Å². The van der Waals surface area contributed by atoms with Gasteiger partial charge in [-0.2, -0.15) is 0 Å². The number of aromatic nitrogens is 3. The Balaban J connectivity index is 1.91. The van der Waals surface area contributed by atoms with E-state index in [-0.39, 0.29) is 23.7 Å². The fourth-order valence-electron chi connectivity index (χ4n) is 1.97. The number of thioether (sulfide) groups is 1. The lowest BCUT2D eigenvalue weighted by Crippen LogP contribution is -2.28. The van der Waals surface area contributed by atoms with Crippen molar-refractivity contribution in [3.05, 3.63) is 40.1 Å². The van der Waals surface area contributed by atoms with E-state index in [4.69, 9.17) is 23.2 Å². The van der Waals surface area contributed by atoms with Gasteiger partial charge in [0.25, 0.3) is 0 Å². The smallest absolute Gasteiger partial charge is 0.230 e. The number of nitrogens with zero attached hydrogens (tertiary/aromatic N) is 3. The molecule has 1 N–H and O–H groups in total. The van der Waals surface area contributed by atoms with Crippen LogP contribution in [0.15, 0.2) is 29.7 Å². The summed E-state index contributed by atoms with van der Waals surface area (Å²) in [5, 5.41) is 12.6. The van der Waals surface area contributed by atoms with Crippen LogP contribution in [0.5, 0.6) is 0 Å². The average molecular weight is 373 g/mol. The highest BCUT2D eigenvalue weighted by molar-refractivity contribution is 7.99. The van der Waals surface area contributed by atoms with E-state index in [0.717, 1.165) is 10.7 Å². The van der Waals surface area contributed by atoms with Crippen molar-refractivity contribution in [3.63, 3.8) is 0 Å². The summed E-state index contributed by atoms with van der Waals surface area (Å²) in [7, 11) is 0. The molecule has 5 nitrogen and oxygen atoms in total. The van der Waals surface area contributed by atoms with Gasteiger partial charge in [-0.15, -0.1) is 10.2 Å². The monoisotopic (exact) mass is 372 g/mol. The lowest BCUT2D eigenvalue weighted by molar-refractivity contribution is -0.119. The Kier molecular flexibility index (Phi) is 6.33. The highest BCUT2D eigenvalue weighted by atomic mass is 35.5. The van der Waals surface area contributed by atoms with E-state index in [1.54, 1.807) is 18.5 Å². The first-order valence-electron chi connectivity index (χ1n) is 7.15. The summed E-state index contributed by atoms with van der Waals surface area (Å²) in [6, 6.07) is 5.44. The average Bonchev–Trinajstić information content (AvgIpc) is 2.96. The fourth-order valence-corrected chi connectivity index (χ4v) is 3.13. The van der Waals surface area contributed by atoms with Gasteiger partial charge < -0.3 is 9.88 Å². The number of carbonyl (C=O) groups excluding carboxylic acids is 1. The van der Waals surface area contributed by atoms with Crippen molar-refractivity contribution in [2.24, 2.45) is 0 Å². The molecule has 0 aliphatic heterocycles. The standard InChI is InChI=1S/C15H18Cl2N4OS/c1-9(2)21-8-18-20-15(21)23-7-14(22)19-10(3)11-4-5-12(16)13(17)6-11/h4-6,8-10H,7H2,1-3H3,(H,19,22). The second kappa shape index (κ2) is 8.04. The maximum absolute atomic E-state index is 12.1. The van der Waals surface area contributed by atoms with E-state index < -0.39 is 0 Å². The van der Waals surface area contributed by atoms with Crippen LogP contribution in [-0.4, -0.2) is 26.4 Å². The number of hydrogen-bond acceptors (Lipinski definition) is 4. The molecule has 0 spiro atoms. The van der Waals surface area contributed by atoms with E-state index in [0.29, 0.717) is 10.0 Å². The summed E-state index contributed by atoms with van der Waals surface area (Å²) < 4.78 is 1.93. The number of benzene rings is 1. The molecule has 0 fully saturated rings. The minimum absolute atomic E-state index is 0.0770. The van der Waals surface area contributed by atoms with Gasteiger partial charge in [-0.1, -0.05) is 41.0 Å². The van der Waals surface area contributed by atoms with Gasteiger partial charge >= 0.3 is 0 Å². The van der Waals surface area contributed by atoms with Crippen LogP contribution >= 0.6 is 35.0 Å². The van der Waals surface area contributed by atoms with E-state index in [1.165, 1.54) is 11.8 Å². The predicted octanol–water partition coefficient (Wildman–Crippen LogP) is 4.14. The Labute approximate surface area is 149 Å². The Morgan fingerprint density at radius 3 is 2.70 bits per heavy atom. The molecule has 1 unspecified atom stereocenters. The van der Waals surface area contributed by atoms with Gasteiger partial charge in [0.1, 0.15) is 6.33 Å².